The van der Waals surface area contributed by atoms with Crippen LogP contribution >= 0.6 is 0 Å². The molecule has 2 atom stereocenters. The molecular formula is C21H20N2O4. The predicted octanol–water partition coefficient (Wildman–Crippen LogP) is 3.12. The summed E-state index contributed by atoms with van der Waals surface area (Å²) in [4.78, 5) is 29.6. The largest absolute Gasteiger partial charge is 0.496 e. The van der Waals surface area contributed by atoms with E-state index in [1.165, 1.54) is 0 Å². The van der Waals surface area contributed by atoms with Crippen molar-refractivity contribution in [2.75, 3.05) is 20.2 Å². The second-order valence-corrected chi connectivity index (χ2v) is 6.78. The molecule has 0 saturated carbocycles. The minimum atomic E-state index is -0.901. The van der Waals surface area contributed by atoms with Gasteiger partial charge in [0.25, 0.3) is 5.91 Å². The number of hydrogen-bond acceptors (Lipinski definition) is 3. The summed E-state index contributed by atoms with van der Waals surface area (Å²) in [6.07, 6.45) is 1.83. The predicted molar refractivity (Wildman–Crippen MR) is 101 cm³/mol. The van der Waals surface area contributed by atoms with E-state index in [2.05, 4.69) is 4.98 Å². The second kappa shape index (κ2) is 6.79. The average Bonchev–Trinajstić information content (AvgIpc) is 3.33. The fraction of sp³-hybridized carbons (Fsp3) is 0.238. The monoisotopic (exact) mass is 364 g/mol. The smallest absolute Gasteiger partial charge is 0.308 e. The highest BCUT2D eigenvalue weighted by Crippen LogP contribution is 2.38. The number of fused-ring (bicyclic) bond motifs is 1. The molecule has 27 heavy (non-hydrogen) atoms. The maximum atomic E-state index is 13.0. The van der Waals surface area contributed by atoms with E-state index in [1.807, 2.05) is 48.7 Å². The number of H-pyrrole nitrogens is 1. The number of ether oxygens (including phenoxy) is 1. The summed E-state index contributed by atoms with van der Waals surface area (Å²) < 4.78 is 5.41. The van der Waals surface area contributed by atoms with Crippen LogP contribution in [0.4, 0.5) is 0 Å². The lowest BCUT2D eigenvalue weighted by Crippen LogP contribution is -2.29. The van der Waals surface area contributed by atoms with Crippen molar-refractivity contribution in [1.82, 2.24) is 9.88 Å². The number of carboxylic acid groups (broad SMARTS) is 1. The number of carboxylic acids is 1. The van der Waals surface area contributed by atoms with E-state index in [0.29, 0.717) is 17.9 Å². The van der Waals surface area contributed by atoms with Gasteiger partial charge in [-0.25, -0.2) is 0 Å². The van der Waals surface area contributed by atoms with Gasteiger partial charge in [0.1, 0.15) is 5.75 Å². The molecule has 2 aromatic carbocycles. The van der Waals surface area contributed by atoms with Crippen molar-refractivity contribution in [2.24, 2.45) is 5.92 Å². The van der Waals surface area contributed by atoms with Crippen LogP contribution in [0.1, 0.15) is 21.8 Å². The number of aromatic amines is 1. The molecule has 1 aliphatic heterocycles. The highest BCUT2D eigenvalue weighted by Gasteiger charge is 2.41. The van der Waals surface area contributed by atoms with Crippen molar-refractivity contribution < 1.29 is 19.4 Å². The SMILES string of the molecule is COc1ccccc1C1CN(C(=O)c2ccc3[nH]ccc3c2)CC1C(=O)O. The van der Waals surface area contributed by atoms with E-state index in [-0.39, 0.29) is 18.4 Å². The molecule has 1 saturated heterocycles. The summed E-state index contributed by atoms with van der Waals surface area (Å²) in [7, 11) is 1.57. The number of rotatable bonds is 4. The quantitative estimate of drug-likeness (QED) is 0.745. The highest BCUT2D eigenvalue weighted by atomic mass is 16.5. The Labute approximate surface area is 156 Å². The van der Waals surface area contributed by atoms with E-state index in [4.69, 9.17) is 4.74 Å². The van der Waals surface area contributed by atoms with Gasteiger partial charge in [0, 0.05) is 41.7 Å². The number of aliphatic carboxylic acids is 1. The summed E-state index contributed by atoms with van der Waals surface area (Å²) in [5, 5.41) is 10.7. The number of likely N-dealkylation sites (tertiary alicyclic amines) is 1. The number of aromatic nitrogens is 1. The number of hydrogen-bond donors (Lipinski definition) is 2. The number of benzene rings is 2. The van der Waals surface area contributed by atoms with Crippen molar-refractivity contribution in [3.8, 4) is 5.75 Å². The van der Waals surface area contributed by atoms with Crippen LogP contribution in [0.25, 0.3) is 10.9 Å². The zero-order valence-corrected chi connectivity index (χ0v) is 14.9. The Balaban J connectivity index is 1.64. The fourth-order valence-electron chi connectivity index (χ4n) is 3.88. The molecule has 1 aliphatic rings. The summed E-state index contributed by atoms with van der Waals surface area (Å²) in [5.74, 6) is -1.37. The Morgan fingerprint density at radius 2 is 1.96 bits per heavy atom. The van der Waals surface area contributed by atoms with E-state index in [1.54, 1.807) is 18.1 Å². The molecule has 1 fully saturated rings. The number of carbonyl (C=O) groups is 2. The Morgan fingerprint density at radius 3 is 2.74 bits per heavy atom. The van der Waals surface area contributed by atoms with Crippen LogP contribution in [-0.4, -0.2) is 47.1 Å². The van der Waals surface area contributed by atoms with Crippen molar-refractivity contribution in [1.29, 1.82) is 0 Å². The molecule has 0 bridgehead atoms. The highest BCUT2D eigenvalue weighted by molar-refractivity contribution is 5.98. The van der Waals surface area contributed by atoms with E-state index >= 15 is 0 Å². The first kappa shape index (κ1) is 17.1. The van der Waals surface area contributed by atoms with Gasteiger partial charge in [-0.05, 0) is 35.9 Å². The summed E-state index contributed by atoms with van der Waals surface area (Å²) in [6, 6.07) is 14.8. The first-order valence-corrected chi connectivity index (χ1v) is 8.80. The third kappa shape index (κ3) is 3.03. The van der Waals surface area contributed by atoms with Gasteiger partial charge in [0.2, 0.25) is 0 Å². The lowest BCUT2D eigenvalue weighted by atomic mass is 9.88. The van der Waals surface area contributed by atoms with Gasteiger partial charge in [-0.3, -0.25) is 9.59 Å². The maximum Gasteiger partial charge on any atom is 0.308 e. The van der Waals surface area contributed by atoms with Gasteiger partial charge in [-0.2, -0.15) is 0 Å². The third-order valence-electron chi connectivity index (χ3n) is 5.26. The topological polar surface area (TPSA) is 82.6 Å². The molecule has 2 heterocycles. The van der Waals surface area contributed by atoms with Crippen LogP contribution in [0.15, 0.2) is 54.7 Å². The normalized spacial score (nSPS) is 19.4. The van der Waals surface area contributed by atoms with Crippen molar-refractivity contribution in [3.05, 3.63) is 65.9 Å². The van der Waals surface area contributed by atoms with Gasteiger partial charge in [-0.15, -0.1) is 0 Å². The molecule has 6 heteroatoms. The van der Waals surface area contributed by atoms with Crippen LogP contribution in [0.3, 0.4) is 0 Å². The molecule has 1 aromatic heterocycles. The second-order valence-electron chi connectivity index (χ2n) is 6.78. The molecule has 6 nitrogen and oxygen atoms in total. The van der Waals surface area contributed by atoms with Crippen LogP contribution < -0.4 is 4.74 Å². The fourth-order valence-corrected chi connectivity index (χ4v) is 3.88. The standard InChI is InChI=1S/C21H20N2O4/c1-27-19-5-3-2-4-15(19)16-11-23(12-17(16)21(25)26)20(24)14-6-7-18-13(10-14)8-9-22-18/h2-10,16-17,22H,11-12H2,1H3,(H,25,26). The number of nitrogens with one attached hydrogen (secondary N) is 1. The van der Waals surface area contributed by atoms with E-state index in [9.17, 15) is 14.7 Å². The lowest BCUT2D eigenvalue weighted by molar-refractivity contribution is -0.141. The first-order chi connectivity index (χ1) is 13.1. The van der Waals surface area contributed by atoms with Crippen molar-refractivity contribution in [3.63, 3.8) is 0 Å². The van der Waals surface area contributed by atoms with Crippen molar-refractivity contribution in [2.45, 2.75) is 5.92 Å². The van der Waals surface area contributed by atoms with E-state index in [0.717, 1.165) is 16.5 Å². The molecule has 0 radical (unpaired) electrons. The summed E-state index contributed by atoms with van der Waals surface area (Å²) in [5.41, 5.74) is 2.35. The molecule has 2 unspecified atom stereocenters. The molecule has 1 amide bonds. The zero-order valence-electron chi connectivity index (χ0n) is 14.9. The number of nitrogens with zero attached hydrogens (tertiary/aromatic N) is 1. The number of amides is 1. The lowest BCUT2D eigenvalue weighted by Gasteiger charge is -2.18. The van der Waals surface area contributed by atoms with Crippen LogP contribution in [-0.2, 0) is 4.79 Å². The van der Waals surface area contributed by atoms with Crippen LogP contribution in [0.2, 0.25) is 0 Å². The maximum absolute atomic E-state index is 13.0. The first-order valence-electron chi connectivity index (χ1n) is 8.80. The van der Waals surface area contributed by atoms with Crippen LogP contribution in [0.5, 0.6) is 5.75 Å². The molecule has 0 spiro atoms. The average molecular weight is 364 g/mol. The number of para-hydroxylation sites is 1. The van der Waals surface area contributed by atoms with Gasteiger partial charge < -0.3 is 19.7 Å². The molecule has 138 valence electrons. The molecule has 0 aliphatic carbocycles. The molecule has 2 N–H and O–H groups in total. The Kier molecular flexibility index (Phi) is 4.32. The number of carbonyl (C=O) groups excluding carboxylic acids is 1. The van der Waals surface area contributed by atoms with Gasteiger partial charge in [0.05, 0.1) is 13.0 Å². The van der Waals surface area contributed by atoms with Gasteiger partial charge >= 0.3 is 5.97 Å². The third-order valence-corrected chi connectivity index (χ3v) is 5.26. The van der Waals surface area contributed by atoms with E-state index < -0.39 is 11.9 Å². The van der Waals surface area contributed by atoms with Gasteiger partial charge in [-0.1, -0.05) is 18.2 Å². The van der Waals surface area contributed by atoms with Gasteiger partial charge in [0.15, 0.2) is 0 Å². The molecule has 3 aromatic rings. The Morgan fingerprint density at radius 1 is 1.15 bits per heavy atom. The Bertz CT molecular complexity index is 1010. The minimum absolute atomic E-state index is 0.151. The van der Waals surface area contributed by atoms with Crippen LogP contribution in [0, 0.1) is 5.92 Å². The van der Waals surface area contributed by atoms with Crippen molar-refractivity contribution >= 4 is 22.8 Å². The molecular weight excluding hydrogens is 344 g/mol. The molecule has 4 rings (SSSR count). The Hall–Kier alpha value is -3.28. The summed E-state index contributed by atoms with van der Waals surface area (Å²) in [6.45, 7) is 0.531. The zero-order chi connectivity index (χ0) is 19.0. The summed E-state index contributed by atoms with van der Waals surface area (Å²) >= 11 is 0. The number of methoxy groups -OCH3 is 1. The minimum Gasteiger partial charge on any atom is -0.496 e.